The second-order valence-electron chi connectivity index (χ2n) is 5.95. The molecule has 3 rings (SSSR count). The molecule has 0 bridgehead atoms. The lowest BCUT2D eigenvalue weighted by molar-refractivity contribution is -0.304. The first kappa shape index (κ1) is 16.8. The summed E-state index contributed by atoms with van der Waals surface area (Å²) in [6, 6.07) is 13.3. The Bertz CT molecular complexity index is 986. The van der Waals surface area contributed by atoms with Crippen LogP contribution in [0, 0.1) is 13.8 Å². The molecule has 0 spiro atoms. The molecule has 0 aliphatic rings. The molecule has 25 heavy (non-hydrogen) atoms. The summed E-state index contributed by atoms with van der Waals surface area (Å²) in [5.74, 6) is -0.770. The maximum Gasteiger partial charge on any atom is 0.340 e. The second-order valence-corrected chi connectivity index (χ2v) is 5.95. The normalized spacial score (nSPS) is 10.8. The van der Waals surface area contributed by atoms with Gasteiger partial charge in [-0.3, -0.25) is 0 Å². The third kappa shape index (κ3) is 3.55. The van der Waals surface area contributed by atoms with E-state index >= 15 is 0 Å². The Morgan fingerprint density at radius 1 is 1.16 bits per heavy atom. The molecule has 128 valence electrons. The largest absolute Gasteiger partial charge is 0.550 e. The van der Waals surface area contributed by atoms with E-state index in [1.807, 2.05) is 43.3 Å². The standard InChI is InChI=1S/C20H18O5/c1-12-8-16(24-11-14-6-4-3-5-7-14)19-13(2)15(10-18(21)22)20(23)25-17(19)9-12/h3-9H,10-11H2,1-2H3,(H,21,22)/p-1. The molecule has 0 saturated heterocycles. The lowest BCUT2D eigenvalue weighted by Gasteiger charge is -2.14. The van der Waals surface area contributed by atoms with Crippen molar-refractivity contribution < 1.29 is 19.1 Å². The maximum atomic E-state index is 12.1. The summed E-state index contributed by atoms with van der Waals surface area (Å²) in [6.07, 6.45) is -0.490. The van der Waals surface area contributed by atoms with E-state index in [0.717, 1.165) is 11.1 Å². The van der Waals surface area contributed by atoms with Gasteiger partial charge in [-0.25, -0.2) is 4.79 Å². The van der Waals surface area contributed by atoms with Gasteiger partial charge in [-0.05, 0) is 42.7 Å². The highest BCUT2D eigenvalue weighted by Crippen LogP contribution is 2.31. The highest BCUT2D eigenvalue weighted by molar-refractivity contribution is 5.89. The number of ether oxygens (including phenoxy) is 1. The van der Waals surface area contributed by atoms with Gasteiger partial charge in [-0.1, -0.05) is 30.3 Å². The molecular formula is C20H17O5-. The number of hydrogen-bond acceptors (Lipinski definition) is 5. The molecule has 0 radical (unpaired) electrons. The molecule has 2 aromatic carbocycles. The first-order valence-electron chi connectivity index (χ1n) is 7.89. The molecule has 0 aliphatic carbocycles. The zero-order valence-electron chi connectivity index (χ0n) is 14.0. The van der Waals surface area contributed by atoms with Gasteiger partial charge in [0.15, 0.2) is 0 Å². The third-order valence-corrected chi connectivity index (χ3v) is 4.05. The summed E-state index contributed by atoms with van der Waals surface area (Å²) in [4.78, 5) is 23.0. The predicted octanol–water partition coefficient (Wildman–Crippen LogP) is 2.28. The van der Waals surface area contributed by atoms with Crippen molar-refractivity contribution in [1.29, 1.82) is 0 Å². The average Bonchev–Trinajstić information content (AvgIpc) is 2.56. The van der Waals surface area contributed by atoms with E-state index in [1.165, 1.54) is 0 Å². The number of rotatable bonds is 5. The number of carboxylic acid groups (broad SMARTS) is 1. The molecule has 0 saturated carbocycles. The van der Waals surface area contributed by atoms with Gasteiger partial charge in [0, 0.05) is 18.0 Å². The summed E-state index contributed by atoms with van der Waals surface area (Å²) >= 11 is 0. The fourth-order valence-corrected chi connectivity index (χ4v) is 2.83. The first-order chi connectivity index (χ1) is 12.0. The van der Waals surface area contributed by atoms with Crippen LogP contribution in [0.5, 0.6) is 5.75 Å². The van der Waals surface area contributed by atoms with E-state index < -0.39 is 18.0 Å². The molecule has 0 N–H and O–H groups in total. The SMILES string of the molecule is Cc1cc(OCc2ccccc2)c2c(C)c(CC(=O)[O-])c(=O)oc2c1. The van der Waals surface area contributed by atoms with Gasteiger partial charge in [0.05, 0.1) is 5.39 Å². The molecule has 1 aromatic heterocycles. The van der Waals surface area contributed by atoms with Crippen molar-refractivity contribution in [2.75, 3.05) is 0 Å². The molecule has 1 heterocycles. The number of carboxylic acids is 1. The molecule has 0 fully saturated rings. The highest BCUT2D eigenvalue weighted by Gasteiger charge is 2.16. The maximum absolute atomic E-state index is 12.1. The van der Waals surface area contributed by atoms with Crippen molar-refractivity contribution in [2.24, 2.45) is 0 Å². The van der Waals surface area contributed by atoms with Gasteiger partial charge in [0.2, 0.25) is 0 Å². The van der Waals surface area contributed by atoms with E-state index in [-0.39, 0.29) is 5.56 Å². The van der Waals surface area contributed by atoms with Crippen LogP contribution < -0.4 is 15.5 Å². The van der Waals surface area contributed by atoms with Crippen LogP contribution in [0.4, 0.5) is 0 Å². The van der Waals surface area contributed by atoms with Gasteiger partial charge in [0.1, 0.15) is 17.9 Å². The molecule has 0 aliphatic heterocycles. The van der Waals surface area contributed by atoms with Crippen LogP contribution in [0.3, 0.4) is 0 Å². The minimum atomic E-state index is -1.33. The van der Waals surface area contributed by atoms with Gasteiger partial charge < -0.3 is 19.1 Å². The van der Waals surface area contributed by atoms with Crippen molar-refractivity contribution in [1.82, 2.24) is 0 Å². The molecule has 3 aromatic rings. The molecule has 0 atom stereocenters. The Hall–Kier alpha value is -3.08. The number of carbonyl (C=O) groups excluding carboxylic acids is 1. The molecule has 5 nitrogen and oxygen atoms in total. The minimum absolute atomic E-state index is 0.0842. The van der Waals surface area contributed by atoms with Crippen molar-refractivity contribution in [3.8, 4) is 5.75 Å². The van der Waals surface area contributed by atoms with Crippen LogP contribution in [0.25, 0.3) is 11.0 Å². The Kier molecular flexibility index (Phi) is 4.57. The number of fused-ring (bicyclic) bond motifs is 1. The van der Waals surface area contributed by atoms with Crippen LogP contribution in [0.2, 0.25) is 0 Å². The van der Waals surface area contributed by atoms with Gasteiger partial charge in [-0.2, -0.15) is 0 Å². The van der Waals surface area contributed by atoms with E-state index in [9.17, 15) is 14.7 Å². The van der Waals surface area contributed by atoms with E-state index in [0.29, 0.717) is 28.9 Å². The predicted molar refractivity (Wildman–Crippen MR) is 91.4 cm³/mol. The number of hydrogen-bond donors (Lipinski definition) is 0. The van der Waals surface area contributed by atoms with Crippen LogP contribution in [0.15, 0.2) is 51.7 Å². The number of aliphatic carboxylic acids is 1. The van der Waals surface area contributed by atoms with Gasteiger partial charge >= 0.3 is 5.63 Å². The number of carbonyl (C=O) groups is 1. The fourth-order valence-electron chi connectivity index (χ4n) is 2.83. The second kappa shape index (κ2) is 6.81. The third-order valence-electron chi connectivity index (χ3n) is 4.05. The summed E-state index contributed by atoms with van der Waals surface area (Å²) in [6.45, 7) is 3.93. The molecule has 0 amide bonds. The summed E-state index contributed by atoms with van der Waals surface area (Å²) in [5.41, 5.74) is 2.23. The summed E-state index contributed by atoms with van der Waals surface area (Å²) in [7, 11) is 0. The fraction of sp³-hybridized carbons (Fsp3) is 0.200. The monoisotopic (exact) mass is 337 g/mol. The molecule has 5 heteroatoms. The van der Waals surface area contributed by atoms with E-state index in [2.05, 4.69) is 0 Å². The van der Waals surface area contributed by atoms with Crippen molar-refractivity contribution in [2.45, 2.75) is 26.9 Å². The summed E-state index contributed by atoms with van der Waals surface area (Å²) < 4.78 is 11.3. The summed E-state index contributed by atoms with van der Waals surface area (Å²) in [5, 5.41) is 11.5. The number of aryl methyl sites for hydroxylation is 2. The minimum Gasteiger partial charge on any atom is -0.550 e. The van der Waals surface area contributed by atoms with Gasteiger partial charge in [0.25, 0.3) is 0 Å². The lowest BCUT2D eigenvalue weighted by Crippen LogP contribution is -2.27. The lowest BCUT2D eigenvalue weighted by atomic mass is 10.0. The Balaban J connectivity index is 2.10. The van der Waals surface area contributed by atoms with Crippen LogP contribution in [0.1, 0.15) is 22.3 Å². The van der Waals surface area contributed by atoms with Crippen LogP contribution in [-0.4, -0.2) is 5.97 Å². The van der Waals surface area contributed by atoms with Crippen molar-refractivity contribution >= 4 is 16.9 Å². The average molecular weight is 337 g/mol. The van der Waals surface area contributed by atoms with E-state index in [1.54, 1.807) is 13.0 Å². The first-order valence-corrected chi connectivity index (χ1v) is 7.89. The zero-order chi connectivity index (χ0) is 18.0. The zero-order valence-corrected chi connectivity index (χ0v) is 14.0. The van der Waals surface area contributed by atoms with Gasteiger partial charge in [-0.15, -0.1) is 0 Å². The van der Waals surface area contributed by atoms with Crippen LogP contribution >= 0.6 is 0 Å². The topological polar surface area (TPSA) is 79.6 Å². The molecular weight excluding hydrogens is 320 g/mol. The smallest absolute Gasteiger partial charge is 0.340 e. The molecule has 0 unspecified atom stereocenters. The van der Waals surface area contributed by atoms with Crippen molar-refractivity contribution in [3.05, 3.63) is 75.1 Å². The number of benzene rings is 2. The van der Waals surface area contributed by atoms with Crippen LogP contribution in [-0.2, 0) is 17.8 Å². The Labute approximate surface area is 144 Å². The Morgan fingerprint density at radius 3 is 2.56 bits per heavy atom. The van der Waals surface area contributed by atoms with E-state index in [4.69, 9.17) is 9.15 Å². The Morgan fingerprint density at radius 2 is 1.88 bits per heavy atom. The highest BCUT2D eigenvalue weighted by atomic mass is 16.5. The quantitative estimate of drug-likeness (QED) is 0.667. The van der Waals surface area contributed by atoms with Crippen molar-refractivity contribution in [3.63, 3.8) is 0 Å².